The third-order valence-electron chi connectivity index (χ3n) is 6.35. The highest BCUT2D eigenvalue weighted by Gasteiger charge is 2.23. The molecule has 4 aliphatic rings. The molecule has 212 valence electrons. The number of nitrogens with one attached hydrogen (secondary N) is 1. The Morgan fingerprint density at radius 1 is 0.872 bits per heavy atom. The number of hydrogen-bond donors (Lipinski definition) is 4. The number of carboxylic acids is 1. The topological polar surface area (TPSA) is 147 Å². The number of piperidine rings is 2. The molecule has 0 saturated carbocycles. The fraction of sp³-hybridized carbons (Fsp3) is 0.500. The van der Waals surface area contributed by atoms with Gasteiger partial charge < -0.3 is 44.5 Å². The quantitative estimate of drug-likeness (QED) is 0.445. The Hall–Kier alpha value is -3.54. The van der Waals surface area contributed by atoms with Crippen molar-refractivity contribution in [3.63, 3.8) is 0 Å². The summed E-state index contributed by atoms with van der Waals surface area (Å²) < 4.78 is 48.8. The highest BCUT2D eigenvalue weighted by Crippen LogP contribution is 2.33. The molecule has 2 aromatic rings. The number of ether oxygens (including phenoxy) is 4. The van der Waals surface area contributed by atoms with E-state index in [0.29, 0.717) is 30.2 Å². The van der Waals surface area contributed by atoms with E-state index in [1.807, 2.05) is 0 Å². The zero-order valence-electron chi connectivity index (χ0n) is 25.4. The number of nitrogens with zero attached hydrogens (tertiary/aromatic N) is 1. The molecule has 6 rings (SSSR count). The van der Waals surface area contributed by atoms with Gasteiger partial charge in [0.25, 0.3) is 0 Å². The maximum absolute atomic E-state index is 12.2. The molecule has 2 unspecified atom stereocenters. The van der Waals surface area contributed by atoms with Gasteiger partial charge in [-0.25, -0.2) is 0 Å². The van der Waals surface area contributed by atoms with Gasteiger partial charge in [-0.1, -0.05) is 12.1 Å². The van der Waals surface area contributed by atoms with Crippen LogP contribution in [0.15, 0.2) is 36.4 Å². The molecule has 1 amide bonds. The minimum Gasteiger partial charge on any atom is -0.481 e. The number of likely N-dealkylation sites (tertiary alicyclic amines) is 1. The zero-order chi connectivity index (χ0) is 31.2. The molecule has 11 heteroatoms. The molecule has 2 aromatic carbocycles. The first-order chi connectivity index (χ1) is 20.3. The molecule has 39 heavy (non-hydrogen) atoms. The van der Waals surface area contributed by atoms with Crippen molar-refractivity contribution in [1.29, 1.82) is 0 Å². The first kappa shape index (κ1) is 23.4. The second-order valence-corrected chi connectivity index (χ2v) is 9.52. The molecule has 4 N–H and O–H groups in total. The van der Waals surface area contributed by atoms with E-state index in [2.05, 4.69) is 5.32 Å². The van der Waals surface area contributed by atoms with Crippen molar-refractivity contribution >= 4 is 11.9 Å². The van der Waals surface area contributed by atoms with Crippen molar-refractivity contribution in [2.75, 3.05) is 39.7 Å². The number of hydrogen-bond acceptors (Lipinski definition) is 9. The number of aliphatic hydroxyl groups excluding tert-OH is 2. The Balaban J connectivity index is 0.000000167. The lowest BCUT2D eigenvalue weighted by Crippen LogP contribution is -2.42. The summed E-state index contributed by atoms with van der Waals surface area (Å²) in [5.74, 6) is 0.175. The minimum atomic E-state index is -2.16. The molecule has 2 saturated heterocycles. The third-order valence-corrected chi connectivity index (χ3v) is 6.35. The van der Waals surface area contributed by atoms with Gasteiger partial charge in [0, 0.05) is 19.6 Å². The second kappa shape index (κ2) is 14.0. The molecule has 11 nitrogen and oxygen atoms in total. The van der Waals surface area contributed by atoms with E-state index in [1.54, 1.807) is 29.2 Å². The lowest BCUT2D eigenvalue weighted by molar-refractivity contribution is -0.136. The van der Waals surface area contributed by atoms with E-state index in [9.17, 15) is 14.7 Å². The smallest absolute Gasteiger partial charge is 0.307 e. The van der Waals surface area contributed by atoms with Crippen molar-refractivity contribution in [3.05, 3.63) is 47.5 Å². The van der Waals surface area contributed by atoms with Gasteiger partial charge in [0.05, 0.1) is 25.0 Å². The molecule has 4 heterocycles. The summed E-state index contributed by atoms with van der Waals surface area (Å²) in [5.41, 5.74) is 1.28. The van der Waals surface area contributed by atoms with E-state index < -0.39 is 25.6 Å². The molecular weight excluding hydrogens is 508 g/mol. The summed E-state index contributed by atoms with van der Waals surface area (Å²) in [6.07, 6.45) is 3.22. The summed E-state index contributed by atoms with van der Waals surface area (Å²) in [6.45, 7) is -1.39. The van der Waals surface area contributed by atoms with Crippen LogP contribution in [0, 0.1) is 0 Å². The predicted molar refractivity (Wildman–Crippen MR) is 140 cm³/mol. The summed E-state index contributed by atoms with van der Waals surface area (Å²) in [5, 5.41) is 30.1. The van der Waals surface area contributed by atoms with Crippen molar-refractivity contribution in [3.8, 4) is 23.0 Å². The minimum absolute atomic E-state index is 0.0457. The predicted octanol–water partition coefficient (Wildman–Crippen LogP) is 1.71. The summed E-state index contributed by atoms with van der Waals surface area (Å²) in [6, 6.07) is 9.48. The number of β-amino-alcohol motifs (C(OH)–C–C–N with tert-alkyl or cyclic N) is 2. The maximum Gasteiger partial charge on any atom is 0.307 e. The molecule has 4 aliphatic heterocycles. The SMILES string of the molecule is OC1CCCNC1.[2H]C1([2H])Oc2ccc(CC(=O)N3CCCC(O)C3)cc2O1.[2H]C1([2H])Oc2ccc(CC(=O)O)cc2O1. The van der Waals surface area contributed by atoms with Crippen LogP contribution in [0.25, 0.3) is 0 Å². The average Bonchev–Trinajstić information content (AvgIpc) is 3.41. The number of amides is 1. The Bertz CT molecular complexity index is 1290. The third kappa shape index (κ3) is 8.74. The Labute approximate surface area is 232 Å². The Morgan fingerprint density at radius 3 is 1.97 bits per heavy atom. The number of aliphatic carboxylic acids is 1. The number of rotatable bonds is 4. The monoisotopic (exact) mass is 548 g/mol. The fourth-order valence-corrected chi connectivity index (χ4v) is 4.35. The van der Waals surface area contributed by atoms with E-state index in [4.69, 9.17) is 34.6 Å². The number of carbonyl (C=O) groups excluding carboxylic acids is 1. The van der Waals surface area contributed by atoms with E-state index in [0.717, 1.165) is 44.3 Å². The molecule has 0 bridgehead atoms. The number of fused-ring (bicyclic) bond motifs is 2. The highest BCUT2D eigenvalue weighted by molar-refractivity contribution is 5.79. The van der Waals surface area contributed by atoms with Gasteiger partial charge >= 0.3 is 5.97 Å². The zero-order valence-corrected chi connectivity index (χ0v) is 21.4. The van der Waals surface area contributed by atoms with Crippen LogP contribution in [0.3, 0.4) is 0 Å². The first-order valence-electron chi connectivity index (χ1n) is 14.9. The second-order valence-electron chi connectivity index (χ2n) is 9.52. The fourth-order valence-electron chi connectivity index (χ4n) is 4.35. The summed E-state index contributed by atoms with van der Waals surface area (Å²) in [7, 11) is 0. The van der Waals surface area contributed by atoms with Gasteiger partial charge in [-0.05, 0) is 67.6 Å². The number of carboxylic acid groups (broad SMARTS) is 1. The number of benzene rings is 2. The van der Waals surface area contributed by atoms with Crippen LogP contribution in [-0.2, 0) is 22.4 Å². The van der Waals surface area contributed by atoms with Gasteiger partial charge in [0.1, 0.15) is 5.48 Å². The van der Waals surface area contributed by atoms with Crippen LogP contribution in [0.4, 0.5) is 0 Å². The van der Waals surface area contributed by atoms with Gasteiger partial charge in [-0.15, -0.1) is 0 Å². The van der Waals surface area contributed by atoms with Crippen molar-refractivity contribution in [1.82, 2.24) is 10.2 Å². The molecule has 2 fully saturated rings. The Morgan fingerprint density at radius 2 is 1.46 bits per heavy atom. The molecule has 0 spiro atoms. The van der Waals surface area contributed by atoms with E-state index >= 15 is 0 Å². The van der Waals surface area contributed by atoms with Crippen molar-refractivity contribution in [2.24, 2.45) is 0 Å². The maximum atomic E-state index is 12.2. The van der Waals surface area contributed by atoms with Gasteiger partial charge in [-0.3, -0.25) is 9.59 Å². The van der Waals surface area contributed by atoms with Crippen molar-refractivity contribution in [2.45, 2.75) is 50.7 Å². The normalized spacial score (nSPS) is 24.8. The lowest BCUT2D eigenvalue weighted by atomic mass is 10.1. The van der Waals surface area contributed by atoms with Crippen LogP contribution in [0.5, 0.6) is 23.0 Å². The Kier molecular flexibility index (Phi) is 8.40. The van der Waals surface area contributed by atoms with Crippen molar-refractivity contribution < 1.29 is 49.3 Å². The molecule has 0 aromatic heterocycles. The highest BCUT2D eigenvalue weighted by atomic mass is 16.7. The summed E-state index contributed by atoms with van der Waals surface area (Å²) >= 11 is 0. The van der Waals surface area contributed by atoms with Crippen LogP contribution in [-0.4, -0.2) is 84.0 Å². The van der Waals surface area contributed by atoms with Crippen LogP contribution in [0.2, 0.25) is 0 Å². The first-order valence-corrected chi connectivity index (χ1v) is 12.9. The largest absolute Gasteiger partial charge is 0.481 e. The molecule has 0 aliphatic carbocycles. The lowest BCUT2D eigenvalue weighted by Gasteiger charge is -2.30. The van der Waals surface area contributed by atoms with Gasteiger partial charge in [0.2, 0.25) is 19.4 Å². The van der Waals surface area contributed by atoms with Crippen LogP contribution >= 0.6 is 0 Å². The van der Waals surface area contributed by atoms with E-state index in [1.165, 1.54) is 12.1 Å². The average molecular weight is 549 g/mol. The van der Waals surface area contributed by atoms with Gasteiger partial charge in [0.15, 0.2) is 23.0 Å². The van der Waals surface area contributed by atoms with Crippen LogP contribution in [0.1, 0.15) is 42.3 Å². The summed E-state index contributed by atoms with van der Waals surface area (Å²) in [4.78, 5) is 24.3. The van der Waals surface area contributed by atoms with Gasteiger partial charge in [-0.2, -0.15) is 0 Å². The standard InChI is InChI=1S/C14H17NO4.C9H8O4.C5H11NO/c16-11-2-1-5-15(8-11)14(17)7-10-3-4-12-13(6-10)19-9-18-12;10-9(11)4-6-1-2-7-8(3-6)13-5-12-7;7-5-2-1-3-6-4-5/h3-4,6,11,16H,1-2,5,7-9H2;1-3H,4-5H2,(H,10,11);5-7H,1-4H2/i9D2;5D2;. The molecule has 0 radical (unpaired) electrons. The number of carbonyl (C=O) groups is 2. The molecular formula is C28H36N2O9. The van der Waals surface area contributed by atoms with E-state index in [-0.39, 0.29) is 36.4 Å². The number of aliphatic hydroxyl groups is 2. The van der Waals surface area contributed by atoms with Crippen LogP contribution < -0.4 is 24.3 Å². The molecule has 2 atom stereocenters.